The van der Waals surface area contributed by atoms with E-state index >= 15 is 0 Å². The molecule has 0 saturated carbocycles. The molecule has 9 heteroatoms. The van der Waals surface area contributed by atoms with Crippen molar-refractivity contribution in [2.75, 3.05) is 39.4 Å². The molecular weight excluding hydrogens is 362 g/mol. The third-order valence-corrected chi connectivity index (χ3v) is 6.15. The van der Waals surface area contributed by atoms with Crippen LogP contribution in [0.1, 0.15) is 34.6 Å². The van der Waals surface area contributed by atoms with E-state index < -0.39 is 13.1 Å². The summed E-state index contributed by atoms with van der Waals surface area (Å²) in [7, 11) is 0. The van der Waals surface area contributed by atoms with E-state index in [4.69, 9.17) is 19.0 Å². The number of aliphatic hydroxyl groups is 1. The van der Waals surface area contributed by atoms with Gasteiger partial charge in [0.1, 0.15) is 0 Å². The predicted molar refractivity (Wildman–Crippen MR) is 104 cm³/mol. The molecule has 0 aromatic rings. The van der Waals surface area contributed by atoms with Gasteiger partial charge in [0.25, 0.3) is 6.57 Å². The van der Waals surface area contributed by atoms with E-state index in [0.717, 1.165) is 0 Å². The number of hydrogen-bond donors (Lipinski definition) is 2. The predicted octanol–water partition coefficient (Wildman–Crippen LogP) is 4.43. The summed E-state index contributed by atoms with van der Waals surface area (Å²) in [4.78, 5) is 8.97. The molecule has 0 aliphatic carbocycles. The highest BCUT2D eigenvalue weighted by molar-refractivity contribution is 8.56. The van der Waals surface area contributed by atoms with Gasteiger partial charge in [-0.1, -0.05) is 39.1 Å². The van der Waals surface area contributed by atoms with Gasteiger partial charge in [-0.3, -0.25) is 4.57 Å². The standard InChI is InChI=1S/C6H15O2PS.C5H13O2PS.C2H6O/c1-6(2)5-8-9(3,7)10-4;1-5(2)4-7-8(3,6)9;1-2-3/h6H,5H2,1-4H3;5H,4H2,1-3H3,(H,6,9);3H,2H2,1H3. The molecule has 0 aromatic carbocycles. The molecule has 0 spiro atoms. The fraction of sp³-hybridized carbons (Fsp3) is 1.00. The molecule has 0 aliphatic rings. The average Bonchev–Trinajstić information content (AvgIpc) is 2.35. The van der Waals surface area contributed by atoms with Gasteiger partial charge in [0.2, 0.25) is 0 Å². The van der Waals surface area contributed by atoms with Gasteiger partial charge < -0.3 is 19.0 Å². The summed E-state index contributed by atoms with van der Waals surface area (Å²) < 4.78 is 21.4. The van der Waals surface area contributed by atoms with Gasteiger partial charge in [-0.05, 0) is 36.8 Å². The summed E-state index contributed by atoms with van der Waals surface area (Å²) in [6.45, 7) is 9.72. The van der Waals surface area contributed by atoms with Crippen molar-refractivity contribution in [3.8, 4) is 0 Å². The van der Waals surface area contributed by atoms with Crippen molar-refractivity contribution in [3.05, 3.63) is 0 Å². The van der Waals surface area contributed by atoms with Crippen LogP contribution in [0.5, 0.6) is 0 Å². The highest BCUT2D eigenvalue weighted by Gasteiger charge is 2.13. The van der Waals surface area contributed by atoms with E-state index in [2.05, 4.69) is 11.8 Å². The highest BCUT2D eigenvalue weighted by Crippen LogP contribution is 2.54. The minimum absolute atomic E-state index is 0.250. The van der Waals surface area contributed by atoms with Crippen LogP contribution in [-0.2, 0) is 25.4 Å². The molecule has 0 radical (unpaired) electrons. The molecular formula is C13H34O5P2S2. The quantitative estimate of drug-likeness (QED) is 0.616. The van der Waals surface area contributed by atoms with Crippen LogP contribution in [-0.4, -0.2) is 49.4 Å². The van der Waals surface area contributed by atoms with Gasteiger partial charge in [0.05, 0.1) is 13.2 Å². The highest BCUT2D eigenvalue weighted by atomic mass is 32.7. The third-order valence-electron chi connectivity index (χ3n) is 1.62. The topological polar surface area (TPSA) is 76.0 Å². The summed E-state index contributed by atoms with van der Waals surface area (Å²) >= 11 is 5.95. The van der Waals surface area contributed by atoms with Crippen LogP contribution < -0.4 is 0 Å². The van der Waals surface area contributed by atoms with Crippen molar-refractivity contribution in [3.63, 3.8) is 0 Å². The van der Waals surface area contributed by atoms with E-state index in [9.17, 15) is 4.57 Å². The van der Waals surface area contributed by atoms with E-state index in [0.29, 0.717) is 25.0 Å². The van der Waals surface area contributed by atoms with E-state index in [1.165, 1.54) is 11.4 Å². The molecule has 0 saturated heterocycles. The minimum Gasteiger partial charge on any atom is -0.397 e. The Kier molecular flexibility index (Phi) is 19.8. The van der Waals surface area contributed by atoms with Gasteiger partial charge >= 0.3 is 0 Å². The molecule has 5 nitrogen and oxygen atoms in total. The second kappa shape index (κ2) is 15.6. The second-order valence-electron chi connectivity index (χ2n) is 5.45. The van der Waals surface area contributed by atoms with Gasteiger partial charge in [-0.15, -0.1) is 0 Å². The fourth-order valence-corrected chi connectivity index (χ4v) is 2.55. The zero-order valence-electron chi connectivity index (χ0n) is 15.1. The maximum Gasteiger partial charge on any atom is 0.254 e. The molecule has 0 bridgehead atoms. The molecule has 138 valence electrons. The monoisotopic (exact) mass is 396 g/mol. The van der Waals surface area contributed by atoms with Crippen LogP contribution in [0.4, 0.5) is 0 Å². The Bertz CT molecular complexity index is 332. The molecule has 0 rings (SSSR count). The van der Waals surface area contributed by atoms with Crippen LogP contribution in [0, 0.1) is 11.8 Å². The SMILES string of the molecule is CC(C)COP(C)(O)=S.CCO.CSP(C)(=O)OCC(C)C. The maximum atomic E-state index is 11.2. The Balaban J connectivity index is -0.000000279. The van der Waals surface area contributed by atoms with Crippen LogP contribution >= 0.6 is 24.4 Å². The first kappa shape index (κ1) is 27.9. The molecule has 0 aromatic heterocycles. The van der Waals surface area contributed by atoms with Gasteiger partial charge in [0, 0.05) is 19.9 Å². The zero-order chi connectivity index (χ0) is 18.4. The molecule has 0 heterocycles. The van der Waals surface area contributed by atoms with Crippen molar-refractivity contribution < 1.29 is 23.6 Å². The molecule has 0 aliphatic heterocycles. The summed E-state index contributed by atoms with van der Waals surface area (Å²) in [6.07, 6.45) is 1.81. The molecule has 22 heavy (non-hydrogen) atoms. The van der Waals surface area contributed by atoms with Gasteiger partial charge in [-0.25, -0.2) is 0 Å². The van der Waals surface area contributed by atoms with Crippen LogP contribution in [0.25, 0.3) is 0 Å². The molecule has 2 unspecified atom stereocenters. The normalized spacial score (nSPS) is 16.0. The zero-order valence-corrected chi connectivity index (χ0v) is 18.5. The lowest BCUT2D eigenvalue weighted by Crippen LogP contribution is -1.98. The first-order valence-corrected chi connectivity index (χ1v) is 14.2. The minimum atomic E-state index is -2.39. The third kappa shape index (κ3) is 32.9. The number of aliphatic hydroxyl groups excluding tert-OH is 1. The van der Waals surface area contributed by atoms with Crippen molar-refractivity contribution in [2.24, 2.45) is 11.8 Å². The Morgan fingerprint density at radius 1 is 1.09 bits per heavy atom. The first-order chi connectivity index (χ1) is 9.81. The van der Waals surface area contributed by atoms with E-state index in [1.807, 2.05) is 27.7 Å². The van der Waals surface area contributed by atoms with Crippen molar-refractivity contribution in [2.45, 2.75) is 34.6 Å². The number of rotatable bonds is 7. The lowest BCUT2D eigenvalue weighted by Gasteiger charge is -2.11. The second-order valence-corrected chi connectivity index (χ2v) is 14.6. The summed E-state index contributed by atoms with van der Waals surface area (Å²) in [5, 5.41) is 7.57. The largest absolute Gasteiger partial charge is 0.397 e. The lowest BCUT2D eigenvalue weighted by molar-refractivity contribution is 0.269. The van der Waals surface area contributed by atoms with Crippen molar-refractivity contribution >= 4 is 36.3 Å². The molecule has 2 atom stereocenters. The van der Waals surface area contributed by atoms with E-state index in [1.54, 1.807) is 26.5 Å². The Hall–Kier alpha value is 1.07. The summed E-state index contributed by atoms with van der Waals surface area (Å²) in [5.74, 6) is 0.903. The summed E-state index contributed by atoms with van der Waals surface area (Å²) in [5.41, 5.74) is 0. The molecule has 0 fully saturated rings. The number of hydrogen-bond acceptors (Lipinski definition) is 6. The average molecular weight is 396 g/mol. The first-order valence-electron chi connectivity index (χ1n) is 7.14. The van der Waals surface area contributed by atoms with Gasteiger partial charge in [0.15, 0.2) is 6.49 Å². The Morgan fingerprint density at radius 3 is 1.59 bits per heavy atom. The van der Waals surface area contributed by atoms with E-state index in [-0.39, 0.29) is 6.61 Å². The maximum absolute atomic E-state index is 11.2. The van der Waals surface area contributed by atoms with Crippen molar-refractivity contribution in [1.82, 2.24) is 0 Å². The van der Waals surface area contributed by atoms with Gasteiger partial charge in [-0.2, -0.15) is 0 Å². The Labute approximate surface area is 145 Å². The molecule has 0 amide bonds. The molecule has 2 N–H and O–H groups in total. The van der Waals surface area contributed by atoms with Crippen LogP contribution in [0.2, 0.25) is 0 Å². The lowest BCUT2D eigenvalue weighted by atomic mass is 10.2. The smallest absolute Gasteiger partial charge is 0.254 e. The summed E-state index contributed by atoms with van der Waals surface area (Å²) in [6, 6.07) is 0. The fourth-order valence-electron chi connectivity index (χ4n) is 0.625. The van der Waals surface area contributed by atoms with Crippen molar-refractivity contribution in [1.29, 1.82) is 0 Å². The van der Waals surface area contributed by atoms with Crippen LogP contribution in [0.15, 0.2) is 0 Å². The Morgan fingerprint density at radius 2 is 1.41 bits per heavy atom. The van der Waals surface area contributed by atoms with Crippen LogP contribution in [0.3, 0.4) is 0 Å².